The highest BCUT2D eigenvalue weighted by Gasteiger charge is 2.43. The number of sulfone groups is 1. The van der Waals surface area contributed by atoms with Crippen molar-refractivity contribution in [2.75, 3.05) is 38.2 Å². The first-order valence-electron chi connectivity index (χ1n) is 8.79. The zero-order valence-electron chi connectivity index (χ0n) is 14.0. The molecule has 1 aliphatic heterocycles. The molecule has 3 aliphatic rings. The van der Waals surface area contributed by atoms with Gasteiger partial charge in [-0.05, 0) is 37.5 Å². The molecule has 0 aromatic carbocycles. The van der Waals surface area contributed by atoms with Crippen molar-refractivity contribution in [1.29, 1.82) is 0 Å². The van der Waals surface area contributed by atoms with Crippen LogP contribution in [0.2, 0.25) is 0 Å². The maximum atomic E-state index is 12.4. The normalized spacial score (nSPS) is 33.1. The van der Waals surface area contributed by atoms with Gasteiger partial charge in [0, 0.05) is 38.5 Å². The number of nitrogens with zero attached hydrogens (tertiary/aromatic N) is 2. The van der Waals surface area contributed by atoms with E-state index in [1.165, 1.54) is 31.9 Å². The minimum atomic E-state index is -3.07. The molecule has 0 aromatic heterocycles. The molecular formula is C16H29N3O3S. The fourth-order valence-electron chi connectivity index (χ4n) is 4.63. The molecule has 23 heavy (non-hydrogen) atoms. The predicted molar refractivity (Wildman–Crippen MR) is 89.7 cm³/mol. The van der Waals surface area contributed by atoms with E-state index in [0.29, 0.717) is 0 Å². The van der Waals surface area contributed by atoms with E-state index >= 15 is 0 Å². The number of piperazine rings is 1. The van der Waals surface area contributed by atoms with Gasteiger partial charge in [0.15, 0.2) is 0 Å². The second-order valence-electron chi connectivity index (χ2n) is 7.63. The lowest BCUT2D eigenvalue weighted by molar-refractivity contribution is -0.134. The number of nitrogens with two attached hydrogens (primary N) is 1. The van der Waals surface area contributed by atoms with E-state index in [9.17, 15) is 13.2 Å². The Morgan fingerprint density at radius 1 is 1.17 bits per heavy atom. The lowest BCUT2D eigenvalue weighted by Crippen LogP contribution is -2.56. The summed E-state index contributed by atoms with van der Waals surface area (Å²) in [5.41, 5.74) is 5.89. The summed E-state index contributed by atoms with van der Waals surface area (Å²) in [6.07, 6.45) is 6.93. The minimum Gasteiger partial charge on any atom is -0.339 e. The van der Waals surface area contributed by atoms with E-state index in [0.717, 1.165) is 44.1 Å². The van der Waals surface area contributed by atoms with Gasteiger partial charge in [-0.25, -0.2) is 8.42 Å². The van der Waals surface area contributed by atoms with Gasteiger partial charge in [-0.15, -0.1) is 0 Å². The zero-order chi connectivity index (χ0) is 16.6. The second-order valence-corrected chi connectivity index (χ2v) is 9.89. The van der Waals surface area contributed by atoms with Crippen molar-refractivity contribution in [3.05, 3.63) is 0 Å². The van der Waals surface area contributed by atoms with E-state index in [-0.39, 0.29) is 18.1 Å². The van der Waals surface area contributed by atoms with Gasteiger partial charge in [0.05, 0.1) is 11.8 Å². The van der Waals surface area contributed by atoms with Crippen LogP contribution in [0.4, 0.5) is 0 Å². The monoisotopic (exact) mass is 343 g/mol. The Kier molecular flexibility index (Phi) is 4.99. The van der Waals surface area contributed by atoms with Crippen LogP contribution in [-0.2, 0) is 14.6 Å². The lowest BCUT2D eigenvalue weighted by atomic mass is 9.93. The van der Waals surface area contributed by atoms with Gasteiger partial charge in [-0.2, -0.15) is 0 Å². The van der Waals surface area contributed by atoms with Crippen molar-refractivity contribution in [2.45, 2.75) is 44.2 Å². The highest BCUT2D eigenvalue weighted by Crippen LogP contribution is 2.46. The van der Waals surface area contributed by atoms with E-state index in [4.69, 9.17) is 5.73 Å². The molecule has 2 saturated carbocycles. The van der Waals surface area contributed by atoms with Crippen LogP contribution in [0.5, 0.6) is 0 Å². The number of amides is 1. The Morgan fingerprint density at radius 3 is 2.39 bits per heavy atom. The smallest absolute Gasteiger partial charge is 0.239 e. The van der Waals surface area contributed by atoms with Crippen LogP contribution in [0.1, 0.15) is 32.1 Å². The molecule has 1 heterocycles. The number of carbonyl (C=O) groups excluding carboxylic acids is 1. The molecule has 0 aromatic rings. The third kappa shape index (κ3) is 4.06. The van der Waals surface area contributed by atoms with Crippen molar-refractivity contribution in [3.63, 3.8) is 0 Å². The summed E-state index contributed by atoms with van der Waals surface area (Å²) in [5, 5.41) is 0. The third-order valence-electron chi connectivity index (χ3n) is 5.91. The van der Waals surface area contributed by atoms with Gasteiger partial charge >= 0.3 is 0 Å². The van der Waals surface area contributed by atoms with Crippen LogP contribution < -0.4 is 5.73 Å². The van der Waals surface area contributed by atoms with Crippen molar-refractivity contribution >= 4 is 15.7 Å². The van der Waals surface area contributed by atoms with Gasteiger partial charge in [0.1, 0.15) is 9.84 Å². The van der Waals surface area contributed by atoms with E-state index in [1.807, 2.05) is 4.90 Å². The van der Waals surface area contributed by atoms with Gasteiger partial charge in [-0.1, -0.05) is 6.42 Å². The molecule has 4 atom stereocenters. The fourth-order valence-corrected chi connectivity index (χ4v) is 5.31. The summed E-state index contributed by atoms with van der Waals surface area (Å²) in [4.78, 5) is 16.7. The summed E-state index contributed by atoms with van der Waals surface area (Å²) >= 11 is 0. The largest absolute Gasteiger partial charge is 0.339 e. The molecular weight excluding hydrogens is 314 g/mol. The second kappa shape index (κ2) is 6.69. The van der Waals surface area contributed by atoms with Gasteiger partial charge in [-0.3, -0.25) is 9.69 Å². The van der Waals surface area contributed by atoms with Crippen LogP contribution >= 0.6 is 0 Å². The van der Waals surface area contributed by atoms with Crippen LogP contribution in [0.15, 0.2) is 0 Å². The molecule has 132 valence electrons. The highest BCUT2D eigenvalue weighted by molar-refractivity contribution is 7.90. The highest BCUT2D eigenvalue weighted by atomic mass is 32.2. The maximum absolute atomic E-state index is 12.4. The number of hydrogen-bond donors (Lipinski definition) is 1. The van der Waals surface area contributed by atoms with Crippen LogP contribution in [0.25, 0.3) is 0 Å². The summed E-state index contributed by atoms with van der Waals surface area (Å²) in [7, 11) is -3.07. The quantitative estimate of drug-likeness (QED) is 0.764. The molecule has 1 saturated heterocycles. The zero-order valence-corrected chi connectivity index (χ0v) is 14.8. The summed E-state index contributed by atoms with van der Waals surface area (Å²) in [6.45, 7) is 3.30. The Bertz CT molecular complexity index is 543. The first-order valence-corrected chi connectivity index (χ1v) is 10.9. The average Bonchev–Trinajstić information content (AvgIpc) is 3.14. The molecule has 2 aliphatic carbocycles. The van der Waals surface area contributed by atoms with Crippen LogP contribution in [0.3, 0.4) is 0 Å². The van der Waals surface area contributed by atoms with Gasteiger partial charge in [0.25, 0.3) is 0 Å². The van der Waals surface area contributed by atoms with Crippen molar-refractivity contribution in [2.24, 2.45) is 17.6 Å². The number of rotatable bonds is 5. The first-order chi connectivity index (χ1) is 10.8. The van der Waals surface area contributed by atoms with Crippen molar-refractivity contribution in [1.82, 2.24) is 9.80 Å². The molecule has 2 bridgehead atoms. The SMILES string of the molecule is CS(=O)(=O)CCC(N)C(=O)N1CCN(C2CC3CCC2C3)CC1. The maximum Gasteiger partial charge on any atom is 0.239 e. The Hall–Kier alpha value is -0.660. The topological polar surface area (TPSA) is 83.7 Å². The summed E-state index contributed by atoms with van der Waals surface area (Å²) in [6, 6.07) is 0.0312. The minimum absolute atomic E-state index is 0.0228. The van der Waals surface area contributed by atoms with E-state index in [1.54, 1.807) is 0 Å². The fraction of sp³-hybridized carbons (Fsp3) is 0.938. The molecule has 6 nitrogen and oxygen atoms in total. The number of hydrogen-bond acceptors (Lipinski definition) is 5. The molecule has 7 heteroatoms. The number of fused-ring (bicyclic) bond motifs is 2. The standard InChI is InChI=1S/C16H29N3O3S/c1-23(21,22)9-4-14(17)16(20)19-7-5-18(6-8-19)15-11-12-2-3-13(15)10-12/h12-15H,2-11,17H2,1H3. The molecule has 3 rings (SSSR count). The van der Waals surface area contributed by atoms with Crippen molar-refractivity contribution in [3.8, 4) is 0 Å². The number of carbonyl (C=O) groups is 1. The average molecular weight is 343 g/mol. The van der Waals surface area contributed by atoms with E-state index in [2.05, 4.69) is 4.90 Å². The van der Waals surface area contributed by atoms with Crippen molar-refractivity contribution < 1.29 is 13.2 Å². The molecule has 4 unspecified atom stereocenters. The molecule has 1 amide bonds. The summed E-state index contributed by atoms with van der Waals surface area (Å²) < 4.78 is 22.4. The molecule has 2 N–H and O–H groups in total. The van der Waals surface area contributed by atoms with E-state index < -0.39 is 15.9 Å². The van der Waals surface area contributed by atoms with Crippen LogP contribution in [0, 0.1) is 11.8 Å². The van der Waals surface area contributed by atoms with Gasteiger partial charge in [0.2, 0.25) is 5.91 Å². The third-order valence-corrected chi connectivity index (χ3v) is 6.89. The van der Waals surface area contributed by atoms with Crippen LogP contribution in [-0.4, -0.2) is 74.4 Å². The Labute approximate surface area is 139 Å². The molecule has 3 fully saturated rings. The lowest BCUT2D eigenvalue weighted by Gasteiger charge is -2.41. The Morgan fingerprint density at radius 2 is 1.87 bits per heavy atom. The molecule has 0 radical (unpaired) electrons. The molecule has 0 spiro atoms. The predicted octanol–water partition coefficient (Wildman–Crippen LogP) is 0.0812. The van der Waals surface area contributed by atoms with Gasteiger partial charge < -0.3 is 10.6 Å². The Balaban J connectivity index is 1.46. The first kappa shape index (κ1) is 17.2. The summed E-state index contributed by atoms with van der Waals surface area (Å²) in [5.74, 6) is 1.69.